The van der Waals surface area contributed by atoms with Crippen molar-refractivity contribution in [2.75, 3.05) is 24.7 Å². The largest absolute Gasteiger partial charge is 0.377 e. The van der Waals surface area contributed by atoms with Crippen LogP contribution in [0.5, 0.6) is 0 Å². The molecule has 0 bridgehead atoms. The topological polar surface area (TPSA) is 66.9 Å². The molecule has 28 heavy (non-hydrogen) atoms. The summed E-state index contributed by atoms with van der Waals surface area (Å²) in [6.07, 6.45) is -1.40. The molecular formula is C19H21F2N5OS. The summed E-state index contributed by atoms with van der Waals surface area (Å²) in [7, 11) is 0. The molecule has 1 aliphatic carbocycles. The van der Waals surface area contributed by atoms with Gasteiger partial charge in [0, 0.05) is 12.2 Å². The van der Waals surface area contributed by atoms with Crippen LogP contribution < -0.4 is 4.90 Å². The van der Waals surface area contributed by atoms with E-state index in [0.717, 1.165) is 16.2 Å². The van der Waals surface area contributed by atoms with Crippen LogP contribution >= 0.6 is 11.5 Å². The molecule has 148 valence electrons. The zero-order chi connectivity index (χ0) is 19.5. The molecule has 6 nitrogen and oxygen atoms in total. The van der Waals surface area contributed by atoms with Crippen molar-refractivity contribution in [3.8, 4) is 11.4 Å². The number of nitrogens with one attached hydrogen (secondary N) is 1. The van der Waals surface area contributed by atoms with Gasteiger partial charge in [0.2, 0.25) is 6.43 Å². The Hall–Kier alpha value is -2.13. The lowest BCUT2D eigenvalue weighted by Crippen LogP contribution is -2.44. The van der Waals surface area contributed by atoms with Gasteiger partial charge in [0.25, 0.3) is 0 Å². The van der Waals surface area contributed by atoms with E-state index < -0.39 is 11.8 Å². The molecule has 0 radical (unpaired) electrons. The summed E-state index contributed by atoms with van der Waals surface area (Å²) < 4.78 is 38.8. The molecule has 3 aromatic heterocycles. The molecule has 1 atom stereocenters. The molecule has 0 aromatic carbocycles. The molecule has 1 N–H and O–H groups in total. The van der Waals surface area contributed by atoms with Crippen LogP contribution in [0.1, 0.15) is 31.0 Å². The first-order chi connectivity index (χ1) is 13.5. The van der Waals surface area contributed by atoms with E-state index in [-0.39, 0.29) is 6.04 Å². The third-order valence-corrected chi connectivity index (χ3v) is 6.63. The molecular weight excluding hydrogens is 384 g/mol. The first-order valence-electron chi connectivity index (χ1n) is 9.45. The van der Waals surface area contributed by atoms with Crippen LogP contribution in [0.2, 0.25) is 0 Å². The summed E-state index contributed by atoms with van der Waals surface area (Å²) in [5.74, 6) is 0.721. The lowest BCUT2D eigenvalue weighted by Gasteiger charge is -2.34. The standard InChI is InChI=1S/C19H21F2N5OS/c1-10-7-13(24-23-10)15-16-17(28-25-15)12(19(3-4-19)18(20)21)8-14(22-16)26-5-6-27-9-11(26)2/h7-8,11,18H,3-6,9H2,1-2H3,(H,23,24)/t11-/m1/s1. The van der Waals surface area contributed by atoms with Crippen LogP contribution in [-0.2, 0) is 10.2 Å². The van der Waals surface area contributed by atoms with Crippen LogP contribution in [0.25, 0.3) is 21.6 Å². The van der Waals surface area contributed by atoms with E-state index in [1.54, 1.807) is 0 Å². The summed E-state index contributed by atoms with van der Waals surface area (Å²) >= 11 is 1.24. The van der Waals surface area contributed by atoms with Crippen molar-refractivity contribution in [2.45, 2.75) is 44.6 Å². The molecule has 1 saturated heterocycles. The van der Waals surface area contributed by atoms with Crippen molar-refractivity contribution in [1.29, 1.82) is 0 Å². The highest BCUT2D eigenvalue weighted by molar-refractivity contribution is 7.13. The van der Waals surface area contributed by atoms with Gasteiger partial charge in [-0.3, -0.25) is 5.10 Å². The highest BCUT2D eigenvalue weighted by atomic mass is 32.1. The smallest absolute Gasteiger partial charge is 0.248 e. The normalized spacial score (nSPS) is 21.6. The summed E-state index contributed by atoms with van der Waals surface area (Å²) in [6.45, 7) is 5.87. The Kier molecular flexibility index (Phi) is 4.13. The van der Waals surface area contributed by atoms with Gasteiger partial charge in [-0.25, -0.2) is 13.8 Å². The van der Waals surface area contributed by atoms with Crippen LogP contribution in [0.4, 0.5) is 14.6 Å². The predicted molar refractivity (Wildman–Crippen MR) is 104 cm³/mol. The lowest BCUT2D eigenvalue weighted by molar-refractivity contribution is 0.0980. The van der Waals surface area contributed by atoms with Crippen molar-refractivity contribution >= 4 is 27.6 Å². The van der Waals surface area contributed by atoms with Gasteiger partial charge < -0.3 is 9.64 Å². The van der Waals surface area contributed by atoms with Crippen molar-refractivity contribution < 1.29 is 13.5 Å². The van der Waals surface area contributed by atoms with Gasteiger partial charge in [-0.05, 0) is 55.9 Å². The van der Waals surface area contributed by atoms with Crippen LogP contribution in [0.15, 0.2) is 12.1 Å². The number of alkyl halides is 2. The molecule has 1 saturated carbocycles. The van der Waals surface area contributed by atoms with Crippen LogP contribution in [0.3, 0.4) is 0 Å². The van der Waals surface area contributed by atoms with Gasteiger partial charge in [-0.15, -0.1) is 0 Å². The summed E-state index contributed by atoms with van der Waals surface area (Å²) in [5.41, 5.74) is 2.53. The van der Waals surface area contributed by atoms with E-state index in [0.29, 0.717) is 55.1 Å². The molecule has 4 heterocycles. The number of rotatable bonds is 4. The Labute approximate surface area is 165 Å². The first kappa shape index (κ1) is 17.9. The number of hydrogen-bond acceptors (Lipinski definition) is 6. The van der Waals surface area contributed by atoms with Gasteiger partial charge in [0.15, 0.2) is 0 Å². The summed E-state index contributed by atoms with van der Waals surface area (Å²) in [6, 6.07) is 3.90. The number of halogens is 2. The van der Waals surface area contributed by atoms with Crippen molar-refractivity contribution in [3.63, 3.8) is 0 Å². The second-order valence-electron chi connectivity index (χ2n) is 7.75. The van der Waals surface area contributed by atoms with Crippen molar-refractivity contribution in [2.24, 2.45) is 0 Å². The fourth-order valence-electron chi connectivity index (χ4n) is 3.94. The fraction of sp³-hybridized carbons (Fsp3) is 0.526. The number of pyridine rings is 1. The number of anilines is 1. The number of fused-ring (bicyclic) bond motifs is 1. The monoisotopic (exact) mass is 405 g/mol. The molecule has 1 aliphatic heterocycles. The third kappa shape index (κ3) is 2.71. The minimum absolute atomic E-state index is 0.135. The second kappa shape index (κ2) is 6.45. The molecule has 5 rings (SSSR count). The van der Waals surface area contributed by atoms with E-state index in [1.165, 1.54) is 11.5 Å². The van der Waals surface area contributed by atoms with E-state index in [1.807, 2.05) is 19.1 Å². The minimum atomic E-state index is -2.40. The van der Waals surface area contributed by atoms with Crippen molar-refractivity contribution in [3.05, 3.63) is 23.4 Å². The first-order valence-corrected chi connectivity index (χ1v) is 10.2. The Bertz CT molecular complexity index is 1030. The second-order valence-corrected chi connectivity index (χ2v) is 8.52. The zero-order valence-corrected chi connectivity index (χ0v) is 16.5. The SMILES string of the molecule is Cc1cc(-c2nsc3c(C4(C(F)F)CC4)cc(N4CCOC[C@H]4C)nc23)n[nH]1. The Morgan fingerprint density at radius 2 is 2.18 bits per heavy atom. The van der Waals surface area contributed by atoms with Gasteiger partial charge in [-0.2, -0.15) is 9.47 Å². The van der Waals surface area contributed by atoms with Gasteiger partial charge >= 0.3 is 0 Å². The number of nitrogens with zero attached hydrogens (tertiary/aromatic N) is 4. The maximum Gasteiger partial charge on any atom is 0.248 e. The molecule has 0 spiro atoms. The Morgan fingerprint density at radius 3 is 2.82 bits per heavy atom. The number of morpholine rings is 1. The summed E-state index contributed by atoms with van der Waals surface area (Å²) in [4.78, 5) is 7.02. The number of aromatic nitrogens is 4. The summed E-state index contributed by atoms with van der Waals surface area (Å²) in [5, 5.41) is 7.23. The Balaban J connectivity index is 1.72. The molecule has 0 amide bonds. The molecule has 3 aromatic rings. The molecule has 2 fully saturated rings. The predicted octanol–water partition coefficient (Wildman–Crippen LogP) is 3.91. The van der Waals surface area contributed by atoms with E-state index in [2.05, 4.69) is 26.4 Å². The quantitative estimate of drug-likeness (QED) is 0.713. The maximum absolute atomic E-state index is 14.0. The fourth-order valence-corrected chi connectivity index (χ4v) is 4.89. The maximum atomic E-state index is 14.0. The number of ether oxygens (including phenoxy) is 1. The third-order valence-electron chi connectivity index (χ3n) is 5.77. The zero-order valence-electron chi connectivity index (χ0n) is 15.7. The average Bonchev–Trinajstić information content (AvgIpc) is 3.22. The van der Waals surface area contributed by atoms with Gasteiger partial charge in [0.05, 0.1) is 29.4 Å². The van der Waals surface area contributed by atoms with Crippen LogP contribution in [0, 0.1) is 6.92 Å². The van der Waals surface area contributed by atoms with Gasteiger partial charge in [-0.1, -0.05) is 0 Å². The van der Waals surface area contributed by atoms with E-state index in [4.69, 9.17) is 9.72 Å². The Morgan fingerprint density at radius 1 is 1.36 bits per heavy atom. The molecule has 2 aliphatic rings. The number of aromatic amines is 1. The van der Waals surface area contributed by atoms with E-state index >= 15 is 0 Å². The number of H-pyrrole nitrogens is 1. The number of hydrogen-bond donors (Lipinski definition) is 1. The van der Waals surface area contributed by atoms with Crippen molar-refractivity contribution in [1.82, 2.24) is 19.6 Å². The number of aryl methyl sites for hydroxylation is 1. The molecule has 9 heteroatoms. The van der Waals surface area contributed by atoms with Crippen LogP contribution in [-0.4, -0.2) is 51.8 Å². The average molecular weight is 405 g/mol. The molecule has 0 unspecified atom stereocenters. The highest BCUT2D eigenvalue weighted by Crippen LogP contribution is 2.56. The van der Waals surface area contributed by atoms with Gasteiger partial charge in [0.1, 0.15) is 22.7 Å². The highest BCUT2D eigenvalue weighted by Gasteiger charge is 2.54. The minimum Gasteiger partial charge on any atom is -0.377 e. The lowest BCUT2D eigenvalue weighted by atomic mass is 9.96. The van der Waals surface area contributed by atoms with E-state index in [9.17, 15) is 8.78 Å².